The van der Waals surface area contributed by atoms with Gasteiger partial charge in [-0.3, -0.25) is 0 Å². The molecule has 0 fully saturated rings. The second-order valence-corrected chi connectivity index (χ2v) is 9.29. The first kappa shape index (κ1) is 24.1. The summed E-state index contributed by atoms with van der Waals surface area (Å²) in [6, 6.07) is 24.9. The van der Waals surface area contributed by atoms with Gasteiger partial charge < -0.3 is 19.2 Å². The van der Waals surface area contributed by atoms with Crippen molar-refractivity contribution in [2.75, 3.05) is 7.11 Å². The van der Waals surface area contributed by atoms with Crippen molar-refractivity contribution in [2.45, 2.75) is 38.8 Å². The Morgan fingerprint density at radius 2 is 1.54 bits per heavy atom. The lowest BCUT2D eigenvalue weighted by Gasteiger charge is -2.22. The second-order valence-electron chi connectivity index (χ2n) is 9.29. The molecule has 0 aliphatic rings. The van der Waals surface area contributed by atoms with E-state index in [9.17, 15) is 9.59 Å². The maximum Gasteiger partial charge on any atom is 0.408 e. The van der Waals surface area contributed by atoms with Crippen molar-refractivity contribution in [3.8, 4) is 22.5 Å². The van der Waals surface area contributed by atoms with Gasteiger partial charge in [-0.05, 0) is 44.0 Å². The van der Waals surface area contributed by atoms with Crippen LogP contribution in [-0.4, -0.2) is 30.8 Å². The number of nitrogens with one attached hydrogen (secondary N) is 1. The van der Waals surface area contributed by atoms with Crippen LogP contribution < -0.4 is 5.32 Å². The number of alkyl carbamates (subject to hydrolysis) is 1. The molecule has 0 aliphatic carbocycles. The molecule has 0 saturated heterocycles. The van der Waals surface area contributed by atoms with E-state index in [1.54, 1.807) is 20.8 Å². The van der Waals surface area contributed by atoms with Crippen LogP contribution in [-0.2, 0) is 20.7 Å². The van der Waals surface area contributed by atoms with Crippen LogP contribution in [0.3, 0.4) is 0 Å². The molecule has 3 aromatic carbocycles. The fourth-order valence-corrected chi connectivity index (χ4v) is 3.98. The summed E-state index contributed by atoms with van der Waals surface area (Å²) in [7, 11) is 1.30. The Labute approximate surface area is 204 Å². The molecule has 4 rings (SSSR count). The first-order chi connectivity index (χ1) is 16.7. The number of amides is 1. The number of rotatable bonds is 6. The molecule has 180 valence electrons. The maximum absolute atomic E-state index is 12.4. The smallest absolute Gasteiger partial charge is 0.408 e. The number of esters is 1. The summed E-state index contributed by atoms with van der Waals surface area (Å²) in [5, 5.41) is 3.56. The number of carbonyl (C=O) groups excluding carboxylic acids is 2. The average Bonchev–Trinajstić information content (AvgIpc) is 3.22. The second kappa shape index (κ2) is 10.1. The number of hydrogen-bond donors (Lipinski definition) is 1. The van der Waals surface area contributed by atoms with Gasteiger partial charge in [-0.15, -0.1) is 0 Å². The molecule has 0 radical (unpaired) electrons. The number of hydrogen-bond acceptors (Lipinski definition) is 5. The number of methoxy groups -OCH3 is 1. The molecule has 0 spiro atoms. The monoisotopic (exact) mass is 471 g/mol. The molecule has 1 aromatic heterocycles. The Balaban J connectivity index is 1.74. The average molecular weight is 472 g/mol. The Hall–Kier alpha value is -4.06. The van der Waals surface area contributed by atoms with E-state index in [0.29, 0.717) is 0 Å². The van der Waals surface area contributed by atoms with E-state index in [1.807, 2.05) is 78.9 Å². The highest BCUT2D eigenvalue weighted by Crippen LogP contribution is 2.41. The number of furan rings is 1. The van der Waals surface area contributed by atoms with Crippen LogP contribution in [0.25, 0.3) is 33.4 Å². The van der Waals surface area contributed by atoms with Crippen molar-refractivity contribution in [3.05, 3.63) is 84.4 Å². The first-order valence-corrected chi connectivity index (χ1v) is 11.5. The minimum Gasteiger partial charge on any atom is -0.467 e. The summed E-state index contributed by atoms with van der Waals surface area (Å²) >= 11 is 0. The van der Waals surface area contributed by atoms with Crippen LogP contribution in [0, 0.1) is 0 Å². The SMILES string of the molecule is COC(=O)[C@H](Cc1ccc2oc(-c3ccccc3)c(-c3ccccc3)c2c1)NC(=O)OC(C)(C)C. The van der Waals surface area contributed by atoms with Crippen LogP contribution in [0.4, 0.5) is 4.79 Å². The maximum atomic E-state index is 12.4. The molecule has 35 heavy (non-hydrogen) atoms. The first-order valence-electron chi connectivity index (χ1n) is 11.5. The van der Waals surface area contributed by atoms with Crippen LogP contribution in [0.15, 0.2) is 83.3 Å². The largest absolute Gasteiger partial charge is 0.467 e. The van der Waals surface area contributed by atoms with E-state index in [1.165, 1.54) is 7.11 Å². The van der Waals surface area contributed by atoms with E-state index in [0.717, 1.165) is 39.0 Å². The van der Waals surface area contributed by atoms with Crippen LogP contribution in [0.5, 0.6) is 0 Å². The Morgan fingerprint density at radius 1 is 0.914 bits per heavy atom. The summed E-state index contributed by atoms with van der Waals surface area (Å²) < 4.78 is 16.6. The highest BCUT2D eigenvalue weighted by Gasteiger charge is 2.26. The van der Waals surface area contributed by atoms with E-state index in [-0.39, 0.29) is 6.42 Å². The zero-order valence-corrected chi connectivity index (χ0v) is 20.3. The van der Waals surface area contributed by atoms with Gasteiger partial charge in [0, 0.05) is 22.9 Å². The van der Waals surface area contributed by atoms with Crippen LogP contribution in [0.2, 0.25) is 0 Å². The van der Waals surface area contributed by atoms with E-state index in [2.05, 4.69) is 5.32 Å². The molecule has 0 aliphatic heterocycles. The molecule has 6 nitrogen and oxygen atoms in total. The molecule has 6 heteroatoms. The van der Waals surface area contributed by atoms with Gasteiger partial charge in [0.25, 0.3) is 0 Å². The van der Waals surface area contributed by atoms with Crippen molar-refractivity contribution in [1.29, 1.82) is 0 Å². The summed E-state index contributed by atoms with van der Waals surface area (Å²) in [4.78, 5) is 24.8. The third-order valence-electron chi connectivity index (χ3n) is 5.47. The van der Waals surface area contributed by atoms with E-state index >= 15 is 0 Å². The van der Waals surface area contributed by atoms with Gasteiger partial charge in [-0.1, -0.05) is 66.7 Å². The zero-order chi connectivity index (χ0) is 25.0. The van der Waals surface area contributed by atoms with Gasteiger partial charge in [0.1, 0.15) is 23.0 Å². The number of ether oxygens (including phenoxy) is 2. The van der Waals surface area contributed by atoms with Gasteiger partial charge >= 0.3 is 12.1 Å². The summed E-state index contributed by atoms with van der Waals surface area (Å²) in [6.45, 7) is 5.30. The quantitative estimate of drug-likeness (QED) is 0.330. The van der Waals surface area contributed by atoms with Crippen molar-refractivity contribution >= 4 is 23.0 Å². The predicted octanol–water partition coefficient (Wildman–Crippen LogP) is 6.38. The fourth-order valence-electron chi connectivity index (χ4n) is 3.98. The Morgan fingerprint density at radius 3 is 2.14 bits per heavy atom. The van der Waals surface area contributed by atoms with Crippen LogP contribution >= 0.6 is 0 Å². The molecule has 0 bridgehead atoms. The summed E-state index contributed by atoms with van der Waals surface area (Å²) in [5.41, 5.74) is 3.88. The van der Waals surface area contributed by atoms with Crippen molar-refractivity contribution in [2.24, 2.45) is 0 Å². The highest BCUT2D eigenvalue weighted by atomic mass is 16.6. The van der Waals surface area contributed by atoms with Crippen LogP contribution in [0.1, 0.15) is 26.3 Å². The molecule has 4 aromatic rings. The Bertz CT molecular complexity index is 1320. The van der Waals surface area contributed by atoms with E-state index < -0.39 is 23.7 Å². The van der Waals surface area contributed by atoms with Gasteiger partial charge in [-0.25, -0.2) is 9.59 Å². The summed E-state index contributed by atoms with van der Waals surface area (Å²) in [6.07, 6.45) is -0.435. The standard InChI is InChI=1S/C29H29NO5/c1-29(2,3)35-28(32)30-23(27(31)33-4)18-19-15-16-24-22(17-19)25(20-11-7-5-8-12-20)26(34-24)21-13-9-6-10-14-21/h5-17,23H,18H2,1-4H3,(H,30,32)/t23-/m0/s1. The molecule has 1 atom stereocenters. The molecule has 0 unspecified atom stereocenters. The zero-order valence-electron chi connectivity index (χ0n) is 20.3. The van der Waals surface area contributed by atoms with Crippen molar-refractivity contribution in [3.63, 3.8) is 0 Å². The lowest BCUT2D eigenvalue weighted by molar-refractivity contribution is -0.143. The minimum absolute atomic E-state index is 0.238. The molecule has 0 saturated carbocycles. The van der Waals surface area contributed by atoms with Gasteiger partial charge in [-0.2, -0.15) is 0 Å². The van der Waals surface area contributed by atoms with Crippen molar-refractivity contribution in [1.82, 2.24) is 5.32 Å². The van der Waals surface area contributed by atoms with E-state index in [4.69, 9.17) is 13.9 Å². The topological polar surface area (TPSA) is 77.8 Å². The third-order valence-corrected chi connectivity index (χ3v) is 5.47. The van der Waals surface area contributed by atoms with Gasteiger partial charge in [0.15, 0.2) is 0 Å². The lowest BCUT2D eigenvalue weighted by Crippen LogP contribution is -2.45. The molecule has 1 heterocycles. The Kier molecular flexibility index (Phi) is 6.92. The normalized spacial score (nSPS) is 12.2. The molecule has 1 N–H and O–H groups in total. The minimum atomic E-state index is -0.895. The number of benzene rings is 3. The summed E-state index contributed by atoms with van der Waals surface area (Å²) in [5.74, 6) is 0.233. The number of carbonyl (C=O) groups is 2. The molecular weight excluding hydrogens is 442 g/mol. The highest BCUT2D eigenvalue weighted by molar-refractivity contribution is 6.02. The lowest BCUT2D eigenvalue weighted by atomic mass is 9.96. The fraction of sp³-hybridized carbons (Fsp3) is 0.241. The number of fused-ring (bicyclic) bond motifs is 1. The molecule has 1 amide bonds. The van der Waals surface area contributed by atoms with Crippen molar-refractivity contribution < 1.29 is 23.5 Å². The predicted molar refractivity (Wildman–Crippen MR) is 136 cm³/mol. The molecular formula is C29H29NO5. The van der Waals surface area contributed by atoms with Gasteiger partial charge in [0.2, 0.25) is 0 Å². The third kappa shape index (κ3) is 5.72. The van der Waals surface area contributed by atoms with Gasteiger partial charge in [0.05, 0.1) is 7.11 Å².